The zero-order valence-electron chi connectivity index (χ0n) is 9.68. The van der Waals surface area contributed by atoms with Gasteiger partial charge in [0.15, 0.2) is 0 Å². The molecular formula is C13H21Cl. The average molecular weight is 213 g/mol. The Kier molecular flexibility index (Phi) is 3.83. The predicted octanol–water partition coefficient (Wildman–Crippen LogP) is 4.41. The minimum Gasteiger partial charge on any atom is -0.126 e. The SMILES string of the molecule is CC(C)C1=CCC(CCl)(C(C)C)C=C1. The van der Waals surface area contributed by atoms with Crippen molar-refractivity contribution in [3.05, 3.63) is 23.8 Å². The van der Waals surface area contributed by atoms with Gasteiger partial charge in [0.25, 0.3) is 0 Å². The summed E-state index contributed by atoms with van der Waals surface area (Å²) in [5.41, 5.74) is 1.64. The molecule has 0 fully saturated rings. The first-order valence-corrected chi connectivity index (χ1v) is 6.00. The molecule has 1 atom stereocenters. The highest BCUT2D eigenvalue weighted by Gasteiger charge is 2.31. The largest absolute Gasteiger partial charge is 0.126 e. The maximum absolute atomic E-state index is 6.08. The molecule has 0 saturated carbocycles. The molecule has 0 N–H and O–H groups in total. The number of rotatable bonds is 3. The molecule has 0 spiro atoms. The van der Waals surface area contributed by atoms with Crippen LogP contribution >= 0.6 is 11.6 Å². The Balaban J connectivity index is 2.80. The van der Waals surface area contributed by atoms with E-state index in [-0.39, 0.29) is 5.41 Å². The van der Waals surface area contributed by atoms with E-state index in [4.69, 9.17) is 11.6 Å². The van der Waals surface area contributed by atoms with Gasteiger partial charge in [-0.1, -0.05) is 45.9 Å². The molecule has 1 unspecified atom stereocenters. The lowest BCUT2D eigenvalue weighted by molar-refractivity contribution is 0.302. The minimum absolute atomic E-state index is 0.194. The van der Waals surface area contributed by atoms with E-state index in [0.717, 1.165) is 12.3 Å². The molecule has 0 aromatic carbocycles. The first-order valence-electron chi connectivity index (χ1n) is 5.47. The molecule has 0 aliphatic heterocycles. The summed E-state index contributed by atoms with van der Waals surface area (Å²) in [4.78, 5) is 0. The molecule has 1 heteroatoms. The van der Waals surface area contributed by atoms with Crippen molar-refractivity contribution in [2.75, 3.05) is 5.88 Å². The molecule has 0 amide bonds. The van der Waals surface area contributed by atoms with E-state index < -0.39 is 0 Å². The van der Waals surface area contributed by atoms with E-state index in [1.54, 1.807) is 0 Å². The fraction of sp³-hybridized carbons (Fsp3) is 0.692. The summed E-state index contributed by atoms with van der Waals surface area (Å²) in [7, 11) is 0. The van der Waals surface area contributed by atoms with Crippen LogP contribution in [0, 0.1) is 17.3 Å². The number of hydrogen-bond acceptors (Lipinski definition) is 0. The van der Waals surface area contributed by atoms with Crippen LogP contribution < -0.4 is 0 Å². The third-order valence-electron chi connectivity index (χ3n) is 3.39. The van der Waals surface area contributed by atoms with Gasteiger partial charge in [0.05, 0.1) is 0 Å². The Hall–Kier alpha value is -0.230. The van der Waals surface area contributed by atoms with Crippen LogP contribution in [0.25, 0.3) is 0 Å². The molecule has 0 nitrogen and oxygen atoms in total. The van der Waals surface area contributed by atoms with E-state index in [1.165, 1.54) is 5.57 Å². The van der Waals surface area contributed by atoms with E-state index in [0.29, 0.717) is 11.8 Å². The van der Waals surface area contributed by atoms with Crippen molar-refractivity contribution >= 4 is 11.6 Å². The highest BCUT2D eigenvalue weighted by Crippen LogP contribution is 2.39. The molecule has 1 rings (SSSR count). The summed E-state index contributed by atoms with van der Waals surface area (Å²) in [6, 6.07) is 0. The fourth-order valence-electron chi connectivity index (χ4n) is 1.82. The molecular weight excluding hydrogens is 192 g/mol. The normalized spacial score (nSPS) is 27.2. The van der Waals surface area contributed by atoms with Gasteiger partial charge >= 0.3 is 0 Å². The molecule has 0 saturated heterocycles. The van der Waals surface area contributed by atoms with E-state index in [2.05, 4.69) is 45.9 Å². The monoisotopic (exact) mass is 212 g/mol. The van der Waals surface area contributed by atoms with Gasteiger partial charge < -0.3 is 0 Å². The van der Waals surface area contributed by atoms with Gasteiger partial charge in [-0.05, 0) is 23.8 Å². The molecule has 0 aromatic heterocycles. The minimum atomic E-state index is 0.194. The van der Waals surface area contributed by atoms with E-state index in [9.17, 15) is 0 Å². The van der Waals surface area contributed by atoms with Crippen LogP contribution in [0.15, 0.2) is 23.8 Å². The van der Waals surface area contributed by atoms with Crippen molar-refractivity contribution in [3.8, 4) is 0 Å². The average Bonchev–Trinajstić information content (AvgIpc) is 2.17. The zero-order valence-corrected chi connectivity index (χ0v) is 10.4. The van der Waals surface area contributed by atoms with Crippen LogP contribution in [0.2, 0.25) is 0 Å². The van der Waals surface area contributed by atoms with Crippen molar-refractivity contribution in [2.45, 2.75) is 34.1 Å². The molecule has 0 heterocycles. The highest BCUT2D eigenvalue weighted by atomic mass is 35.5. The second kappa shape index (κ2) is 4.53. The summed E-state index contributed by atoms with van der Waals surface area (Å²) in [6.45, 7) is 8.97. The van der Waals surface area contributed by atoms with Gasteiger partial charge in [-0.3, -0.25) is 0 Å². The lowest BCUT2D eigenvalue weighted by atomic mass is 9.72. The Morgan fingerprint density at radius 1 is 1.36 bits per heavy atom. The maximum Gasteiger partial charge on any atom is 0.0320 e. The van der Waals surface area contributed by atoms with Crippen LogP contribution in [-0.4, -0.2) is 5.88 Å². The Labute approximate surface area is 93.0 Å². The molecule has 1 aliphatic rings. The van der Waals surface area contributed by atoms with Crippen LogP contribution in [-0.2, 0) is 0 Å². The predicted molar refractivity (Wildman–Crippen MR) is 64.7 cm³/mol. The molecule has 1 aliphatic carbocycles. The third-order valence-corrected chi connectivity index (χ3v) is 3.89. The van der Waals surface area contributed by atoms with Crippen LogP contribution in [0.5, 0.6) is 0 Å². The Bertz CT molecular complexity index is 248. The van der Waals surface area contributed by atoms with Gasteiger partial charge in [0.2, 0.25) is 0 Å². The van der Waals surface area contributed by atoms with Gasteiger partial charge in [0, 0.05) is 11.3 Å². The maximum atomic E-state index is 6.08. The summed E-state index contributed by atoms with van der Waals surface area (Å²) in [5.74, 6) is 1.97. The molecule has 0 aromatic rings. The number of allylic oxidation sites excluding steroid dienone is 4. The zero-order chi connectivity index (χ0) is 10.8. The fourth-order valence-corrected chi connectivity index (χ4v) is 2.32. The molecule has 80 valence electrons. The topological polar surface area (TPSA) is 0 Å². The van der Waals surface area contributed by atoms with Crippen LogP contribution in [0.3, 0.4) is 0 Å². The number of halogens is 1. The third kappa shape index (κ3) is 2.23. The van der Waals surface area contributed by atoms with Crippen molar-refractivity contribution in [1.82, 2.24) is 0 Å². The van der Waals surface area contributed by atoms with Crippen molar-refractivity contribution < 1.29 is 0 Å². The second-order valence-electron chi connectivity index (χ2n) is 4.92. The highest BCUT2D eigenvalue weighted by molar-refractivity contribution is 6.18. The van der Waals surface area contributed by atoms with E-state index >= 15 is 0 Å². The van der Waals surface area contributed by atoms with Gasteiger partial charge in [-0.25, -0.2) is 0 Å². The first-order chi connectivity index (χ1) is 6.52. The van der Waals surface area contributed by atoms with Gasteiger partial charge in [-0.15, -0.1) is 11.6 Å². The van der Waals surface area contributed by atoms with Crippen LogP contribution in [0.1, 0.15) is 34.1 Å². The summed E-state index contributed by atoms with van der Waals surface area (Å²) in [6.07, 6.45) is 8.03. The summed E-state index contributed by atoms with van der Waals surface area (Å²) < 4.78 is 0. The molecule has 0 bridgehead atoms. The van der Waals surface area contributed by atoms with Crippen molar-refractivity contribution in [1.29, 1.82) is 0 Å². The quantitative estimate of drug-likeness (QED) is 0.608. The van der Waals surface area contributed by atoms with Gasteiger partial charge in [0.1, 0.15) is 0 Å². The lowest BCUT2D eigenvalue weighted by Crippen LogP contribution is -2.28. The summed E-state index contributed by atoms with van der Waals surface area (Å²) in [5, 5.41) is 0. The number of hydrogen-bond donors (Lipinski definition) is 0. The first kappa shape index (κ1) is 11.8. The lowest BCUT2D eigenvalue weighted by Gasteiger charge is -2.34. The second-order valence-corrected chi connectivity index (χ2v) is 5.19. The van der Waals surface area contributed by atoms with Crippen molar-refractivity contribution in [2.24, 2.45) is 17.3 Å². The van der Waals surface area contributed by atoms with Crippen LogP contribution in [0.4, 0.5) is 0 Å². The summed E-state index contributed by atoms with van der Waals surface area (Å²) >= 11 is 6.08. The Morgan fingerprint density at radius 2 is 2.00 bits per heavy atom. The van der Waals surface area contributed by atoms with Gasteiger partial charge in [-0.2, -0.15) is 0 Å². The van der Waals surface area contributed by atoms with Crippen molar-refractivity contribution in [3.63, 3.8) is 0 Å². The molecule has 0 radical (unpaired) electrons. The standard InChI is InChI=1S/C13H21Cl/c1-10(2)12-5-7-13(9-14,8-6-12)11(3)4/h5-7,10-11H,8-9H2,1-4H3. The number of alkyl halides is 1. The molecule has 14 heavy (non-hydrogen) atoms. The van der Waals surface area contributed by atoms with E-state index in [1.807, 2.05) is 0 Å². The Morgan fingerprint density at radius 3 is 2.29 bits per heavy atom. The smallest absolute Gasteiger partial charge is 0.0320 e.